The summed E-state index contributed by atoms with van der Waals surface area (Å²) in [6.45, 7) is 13.5. The average Bonchev–Trinajstić information content (AvgIpc) is 3.58. The van der Waals surface area contributed by atoms with E-state index in [2.05, 4.69) is 143 Å². The zero-order valence-corrected chi connectivity index (χ0v) is 25.2. The van der Waals surface area contributed by atoms with Crippen molar-refractivity contribution in [2.45, 2.75) is 53.4 Å². The van der Waals surface area contributed by atoms with Crippen molar-refractivity contribution in [3.63, 3.8) is 0 Å². The molecule has 0 atom stereocenters. The normalized spacial score (nSPS) is 12.0. The molecule has 0 unspecified atom stereocenters. The maximum Gasteiger partial charge on any atom is 0.149 e. The number of rotatable bonds is 5. The summed E-state index contributed by atoms with van der Waals surface area (Å²) in [7, 11) is 0. The van der Waals surface area contributed by atoms with Crippen LogP contribution >= 0.6 is 0 Å². The first-order chi connectivity index (χ1) is 20.3. The Bertz CT molecular complexity index is 2080. The van der Waals surface area contributed by atoms with Crippen LogP contribution in [0.5, 0.6) is 0 Å². The van der Waals surface area contributed by atoms with Crippen molar-refractivity contribution in [3.05, 3.63) is 119 Å². The Hall–Kier alpha value is -4.63. The van der Waals surface area contributed by atoms with Gasteiger partial charge in [0.1, 0.15) is 17.0 Å². The molecule has 2 aromatic heterocycles. The largest absolute Gasteiger partial charge is 0.455 e. The summed E-state index contributed by atoms with van der Waals surface area (Å²) in [6.07, 6.45) is 0. The molecular formula is C39H36N2O. The van der Waals surface area contributed by atoms with E-state index < -0.39 is 0 Å². The van der Waals surface area contributed by atoms with Crippen LogP contribution in [0, 0.1) is 13.8 Å². The molecule has 0 bridgehead atoms. The summed E-state index contributed by atoms with van der Waals surface area (Å²) in [6, 6.07) is 34.8. The summed E-state index contributed by atoms with van der Waals surface area (Å²) >= 11 is 0. The van der Waals surface area contributed by atoms with Gasteiger partial charge in [-0.25, -0.2) is 4.98 Å². The highest BCUT2D eigenvalue weighted by Gasteiger charge is 2.25. The third kappa shape index (κ3) is 4.07. The summed E-state index contributed by atoms with van der Waals surface area (Å²) in [5.41, 5.74) is 13.6. The molecule has 0 saturated heterocycles. The summed E-state index contributed by atoms with van der Waals surface area (Å²) in [5.74, 6) is 1.53. The van der Waals surface area contributed by atoms with E-state index in [1.54, 1.807) is 0 Å². The van der Waals surface area contributed by atoms with E-state index in [-0.39, 0.29) is 0 Å². The topological polar surface area (TPSA) is 31.0 Å². The number of fused-ring (bicyclic) bond motifs is 4. The summed E-state index contributed by atoms with van der Waals surface area (Å²) in [5, 5.41) is 2.32. The van der Waals surface area contributed by atoms with Crippen molar-refractivity contribution in [1.82, 2.24) is 9.55 Å². The van der Waals surface area contributed by atoms with Crippen LogP contribution in [-0.4, -0.2) is 9.55 Å². The molecule has 0 aliphatic rings. The van der Waals surface area contributed by atoms with Crippen molar-refractivity contribution in [2.24, 2.45) is 0 Å². The minimum absolute atomic E-state index is 0.308. The molecule has 0 saturated carbocycles. The smallest absolute Gasteiger partial charge is 0.149 e. The molecule has 3 heteroatoms. The van der Waals surface area contributed by atoms with Gasteiger partial charge < -0.3 is 4.42 Å². The van der Waals surface area contributed by atoms with E-state index in [0.29, 0.717) is 11.8 Å². The van der Waals surface area contributed by atoms with Crippen molar-refractivity contribution in [2.75, 3.05) is 0 Å². The molecule has 0 aliphatic carbocycles. The predicted octanol–water partition coefficient (Wildman–Crippen LogP) is 11.1. The Balaban J connectivity index is 1.60. The molecule has 42 heavy (non-hydrogen) atoms. The second-order valence-electron chi connectivity index (χ2n) is 12.1. The molecule has 7 rings (SSSR count). The molecule has 208 valence electrons. The SMILES string of the molecule is Cc1ccc(C)c2c1oc1c(-c3nc4ccccc4n3-c3c(C(C)C)cc(-c4ccccc4)cc3C(C)C)cccc12. The molecule has 0 radical (unpaired) electrons. The van der Waals surface area contributed by atoms with Crippen molar-refractivity contribution < 1.29 is 4.42 Å². The van der Waals surface area contributed by atoms with Crippen LogP contribution in [0.25, 0.3) is 61.2 Å². The molecule has 0 aliphatic heterocycles. The number of hydrogen-bond donors (Lipinski definition) is 0. The fourth-order valence-corrected chi connectivity index (χ4v) is 6.42. The van der Waals surface area contributed by atoms with Gasteiger partial charge in [0.15, 0.2) is 0 Å². The maximum absolute atomic E-state index is 6.72. The van der Waals surface area contributed by atoms with Crippen molar-refractivity contribution in [1.29, 1.82) is 0 Å². The lowest BCUT2D eigenvalue weighted by Gasteiger charge is -2.24. The molecule has 0 N–H and O–H groups in total. The first-order valence-electron chi connectivity index (χ1n) is 15.0. The number of imidazole rings is 1. The molecule has 7 aromatic rings. The number of benzene rings is 5. The van der Waals surface area contributed by atoms with Gasteiger partial charge in [-0.15, -0.1) is 0 Å². The minimum Gasteiger partial charge on any atom is -0.455 e. The van der Waals surface area contributed by atoms with Gasteiger partial charge in [0.05, 0.1) is 22.3 Å². The number of para-hydroxylation sites is 3. The second kappa shape index (κ2) is 10.0. The van der Waals surface area contributed by atoms with E-state index >= 15 is 0 Å². The molecule has 5 aromatic carbocycles. The first-order valence-corrected chi connectivity index (χ1v) is 15.0. The number of aryl methyl sites for hydroxylation is 2. The van der Waals surface area contributed by atoms with Gasteiger partial charge in [0.25, 0.3) is 0 Å². The lowest BCUT2D eigenvalue weighted by atomic mass is 9.88. The van der Waals surface area contributed by atoms with E-state index in [0.717, 1.165) is 44.5 Å². The van der Waals surface area contributed by atoms with Gasteiger partial charge in [0.2, 0.25) is 0 Å². The highest BCUT2D eigenvalue weighted by molar-refractivity contribution is 6.11. The highest BCUT2D eigenvalue weighted by atomic mass is 16.3. The fraction of sp³-hybridized carbons (Fsp3) is 0.205. The Morgan fingerprint density at radius 2 is 1.31 bits per heavy atom. The number of nitrogens with zero attached hydrogens (tertiary/aromatic N) is 2. The predicted molar refractivity (Wildman–Crippen MR) is 177 cm³/mol. The van der Waals surface area contributed by atoms with E-state index in [4.69, 9.17) is 9.40 Å². The minimum atomic E-state index is 0.308. The maximum atomic E-state index is 6.72. The van der Waals surface area contributed by atoms with Crippen LogP contribution in [0.3, 0.4) is 0 Å². The van der Waals surface area contributed by atoms with Crippen LogP contribution in [0.4, 0.5) is 0 Å². The molecule has 0 spiro atoms. The highest BCUT2D eigenvalue weighted by Crippen LogP contribution is 2.43. The van der Waals surface area contributed by atoms with E-state index in [1.807, 2.05) is 0 Å². The van der Waals surface area contributed by atoms with Crippen LogP contribution in [-0.2, 0) is 0 Å². The number of hydrogen-bond acceptors (Lipinski definition) is 2. The Morgan fingerprint density at radius 3 is 2.02 bits per heavy atom. The van der Waals surface area contributed by atoms with Gasteiger partial charge in [0, 0.05) is 10.8 Å². The molecule has 3 nitrogen and oxygen atoms in total. The zero-order chi connectivity index (χ0) is 29.1. The van der Waals surface area contributed by atoms with Crippen LogP contribution < -0.4 is 0 Å². The third-order valence-electron chi connectivity index (χ3n) is 8.60. The molecule has 2 heterocycles. The lowest BCUT2D eigenvalue weighted by molar-refractivity contribution is 0.666. The van der Waals surface area contributed by atoms with Crippen LogP contribution in [0.2, 0.25) is 0 Å². The van der Waals surface area contributed by atoms with Crippen LogP contribution in [0.15, 0.2) is 101 Å². The Morgan fingerprint density at radius 1 is 0.643 bits per heavy atom. The quantitative estimate of drug-likeness (QED) is 0.214. The average molecular weight is 549 g/mol. The van der Waals surface area contributed by atoms with Crippen molar-refractivity contribution in [3.8, 4) is 28.2 Å². The standard InChI is InChI=1S/C39H36N2O/c1-23(2)31-21-28(27-13-8-7-9-14-27)22-32(24(3)4)36(31)41-34-18-11-10-17-33(34)40-39(41)30-16-12-15-29-35-25(5)19-20-26(6)37(35)42-38(29)30/h7-24H,1-6H3. The molecule has 0 fully saturated rings. The van der Waals surface area contributed by atoms with E-state index in [1.165, 1.54) is 38.9 Å². The summed E-state index contributed by atoms with van der Waals surface area (Å²) < 4.78 is 9.11. The van der Waals surface area contributed by atoms with Gasteiger partial charge in [-0.3, -0.25) is 4.57 Å². The van der Waals surface area contributed by atoms with Gasteiger partial charge in [-0.2, -0.15) is 0 Å². The second-order valence-corrected chi connectivity index (χ2v) is 12.1. The van der Waals surface area contributed by atoms with E-state index in [9.17, 15) is 0 Å². The Kier molecular flexibility index (Phi) is 6.27. The van der Waals surface area contributed by atoms with Gasteiger partial charge in [-0.1, -0.05) is 94.4 Å². The molecule has 0 amide bonds. The van der Waals surface area contributed by atoms with Crippen molar-refractivity contribution >= 4 is 33.0 Å². The first kappa shape index (κ1) is 26.3. The molecular weight excluding hydrogens is 512 g/mol. The van der Waals surface area contributed by atoms with Crippen LogP contribution in [0.1, 0.15) is 61.8 Å². The number of furan rings is 1. The fourth-order valence-electron chi connectivity index (χ4n) is 6.42. The monoisotopic (exact) mass is 548 g/mol. The number of aromatic nitrogens is 2. The summed E-state index contributed by atoms with van der Waals surface area (Å²) in [4.78, 5) is 5.31. The van der Waals surface area contributed by atoms with Gasteiger partial charge >= 0.3 is 0 Å². The Labute approximate surface area is 247 Å². The zero-order valence-electron chi connectivity index (χ0n) is 25.2. The van der Waals surface area contributed by atoms with Gasteiger partial charge in [-0.05, 0) is 89.4 Å². The lowest BCUT2D eigenvalue weighted by Crippen LogP contribution is -2.09. The third-order valence-corrected chi connectivity index (χ3v) is 8.60.